The van der Waals surface area contributed by atoms with E-state index in [-0.39, 0.29) is 0 Å². The Morgan fingerprint density at radius 1 is 1.21 bits per heavy atom. The van der Waals surface area contributed by atoms with Crippen LogP contribution in [0, 0.1) is 0 Å². The fourth-order valence-corrected chi connectivity index (χ4v) is 2.84. The summed E-state index contributed by atoms with van der Waals surface area (Å²) in [6.07, 6.45) is 6.21. The van der Waals surface area contributed by atoms with Crippen LogP contribution in [-0.2, 0) is 0 Å². The van der Waals surface area contributed by atoms with Gasteiger partial charge in [-0.2, -0.15) is 0 Å². The quantitative estimate of drug-likeness (QED) is 0.732. The van der Waals surface area contributed by atoms with Crippen molar-refractivity contribution in [2.75, 3.05) is 26.2 Å². The van der Waals surface area contributed by atoms with Gasteiger partial charge in [0.2, 0.25) is 0 Å². The normalized spacial score (nSPS) is 19.7. The molecule has 1 aliphatic rings. The maximum atomic E-state index is 5.74. The molecule has 1 atom stereocenters. The lowest BCUT2D eigenvalue weighted by molar-refractivity contribution is 0.213. The lowest BCUT2D eigenvalue weighted by atomic mass is 10.1. The van der Waals surface area contributed by atoms with Crippen molar-refractivity contribution in [1.82, 2.24) is 4.90 Å². The fraction of sp³-hybridized carbons (Fsp3) is 0.625. The highest BCUT2D eigenvalue weighted by Gasteiger charge is 2.22. The number of likely N-dealkylation sites (tertiary alicyclic amines) is 1. The van der Waals surface area contributed by atoms with Crippen molar-refractivity contribution < 1.29 is 4.74 Å². The monoisotopic (exact) mass is 262 g/mol. The zero-order valence-electron chi connectivity index (χ0n) is 11.8. The molecular weight excluding hydrogens is 236 g/mol. The molecule has 3 heteroatoms. The molecule has 1 heterocycles. The Bertz CT molecular complexity index is 342. The van der Waals surface area contributed by atoms with Crippen molar-refractivity contribution in [3.05, 3.63) is 30.3 Å². The third kappa shape index (κ3) is 4.84. The second-order valence-corrected chi connectivity index (χ2v) is 5.28. The van der Waals surface area contributed by atoms with Crippen molar-refractivity contribution in [2.45, 2.75) is 38.1 Å². The summed E-state index contributed by atoms with van der Waals surface area (Å²) in [4.78, 5) is 2.62. The molecule has 3 nitrogen and oxygen atoms in total. The zero-order chi connectivity index (χ0) is 13.3. The summed E-state index contributed by atoms with van der Waals surface area (Å²) in [6.45, 7) is 4.04. The van der Waals surface area contributed by atoms with E-state index < -0.39 is 0 Å². The Labute approximate surface area is 116 Å². The smallest absolute Gasteiger partial charge is 0.119 e. The highest BCUT2D eigenvalue weighted by atomic mass is 16.5. The van der Waals surface area contributed by atoms with Crippen molar-refractivity contribution in [2.24, 2.45) is 5.73 Å². The van der Waals surface area contributed by atoms with E-state index in [4.69, 9.17) is 10.5 Å². The van der Waals surface area contributed by atoms with Crippen LogP contribution in [0.5, 0.6) is 5.75 Å². The van der Waals surface area contributed by atoms with Crippen molar-refractivity contribution in [3.63, 3.8) is 0 Å². The molecule has 0 aromatic heterocycles. The van der Waals surface area contributed by atoms with Crippen LogP contribution in [0.3, 0.4) is 0 Å². The van der Waals surface area contributed by atoms with Gasteiger partial charge in [-0.15, -0.1) is 0 Å². The number of benzene rings is 1. The highest BCUT2D eigenvalue weighted by Crippen LogP contribution is 2.21. The molecule has 1 aromatic carbocycles. The van der Waals surface area contributed by atoms with E-state index in [0.29, 0.717) is 0 Å². The molecule has 0 radical (unpaired) electrons. The predicted octanol–water partition coefficient (Wildman–Crippen LogP) is 2.66. The largest absolute Gasteiger partial charge is 0.494 e. The second-order valence-electron chi connectivity index (χ2n) is 5.28. The van der Waals surface area contributed by atoms with Gasteiger partial charge in [-0.1, -0.05) is 18.2 Å². The molecule has 0 amide bonds. The first kappa shape index (κ1) is 14.4. The molecular formula is C16H26N2O. The summed E-state index contributed by atoms with van der Waals surface area (Å²) in [5.74, 6) is 0.976. The van der Waals surface area contributed by atoms with Crippen LogP contribution in [-0.4, -0.2) is 37.2 Å². The zero-order valence-corrected chi connectivity index (χ0v) is 11.8. The van der Waals surface area contributed by atoms with Gasteiger partial charge in [0.1, 0.15) is 5.75 Å². The molecule has 1 fully saturated rings. The van der Waals surface area contributed by atoms with Crippen LogP contribution in [0.2, 0.25) is 0 Å². The summed E-state index contributed by atoms with van der Waals surface area (Å²) in [5.41, 5.74) is 5.60. The van der Waals surface area contributed by atoms with Crippen LogP contribution in [0.15, 0.2) is 30.3 Å². The Balaban J connectivity index is 1.62. The van der Waals surface area contributed by atoms with Crippen molar-refractivity contribution in [1.29, 1.82) is 0 Å². The van der Waals surface area contributed by atoms with Crippen LogP contribution in [0.4, 0.5) is 0 Å². The van der Waals surface area contributed by atoms with Gasteiger partial charge < -0.3 is 15.4 Å². The minimum atomic E-state index is 0.764. The van der Waals surface area contributed by atoms with Gasteiger partial charge in [0.05, 0.1) is 6.61 Å². The lowest BCUT2D eigenvalue weighted by Crippen LogP contribution is -2.31. The summed E-state index contributed by atoms with van der Waals surface area (Å²) in [6, 6.07) is 10.8. The van der Waals surface area contributed by atoms with Crippen molar-refractivity contribution in [3.8, 4) is 5.75 Å². The van der Waals surface area contributed by atoms with Crippen molar-refractivity contribution >= 4 is 0 Å². The first-order valence-corrected chi connectivity index (χ1v) is 7.52. The van der Waals surface area contributed by atoms with Crippen LogP contribution >= 0.6 is 0 Å². The number of rotatable bonds is 8. The Kier molecular flexibility index (Phi) is 6.18. The third-order valence-corrected chi connectivity index (χ3v) is 3.84. The summed E-state index contributed by atoms with van der Waals surface area (Å²) >= 11 is 0. The number of hydrogen-bond donors (Lipinski definition) is 1. The second kappa shape index (κ2) is 8.18. The van der Waals surface area contributed by atoms with E-state index in [1.807, 2.05) is 30.3 Å². The minimum absolute atomic E-state index is 0.764. The topological polar surface area (TPSA) is 38.5 Å². The first-order chi connectivity index (χ1) is 9.40. The first-order valence-electron chi connectivity index (χ1n) is 7.52. The molecule has 1 unspecified atom stereocenters. The van der Waals surface area contributed by atoms with Gasteiger partial charge in [0.25, 0.3) is 0 Å². The average Bonchev–Trinajstić information content (AvgIpc) is 2.90. The Morgan fingerprint density at radius 2 is 2.05 bits per heavy atom. The molecule has 0 saturated carbocycles. The molecule has 2 rings (SSSR count). The number of nitrogens with two attached hydrogens (primary N) is 1. The maximum absolute atomic E-state index is 5.74. The predicted molar refractivity (Wildman–Crippen MR) is 79.4 cm³/mol. The molecule has 0 bridgehead atoms. The fourth-order valence-electron chi connectivity index (χ4n) is 2.84. The van der Waals surface area contributed by atoms with E-state index in [2.05, 4.69) is 4.90 Å². The van der Waals surface area contributed by atoms with Gasteiger partial charge in [-0.3, -0.25) is 0 Å². The van der Waals surface area contributed by atoms with Crippen LogP contribution in [0.25, 0.3) is 0 Å². The summed E-state index contributed by atoms with van der Waals surface area (Å²) < 4.78 is 5.74. The summed E-state index contributed by atoms with van der Waals surface area (Å²) in [5, 5.41) is 0. The molecule has 106 valence electrons. The summed E-state index contributed by atoms with van der Waals surface area (Å²) in [7, 11) is 0. The molecule has 0 spiro atoms. The van der Waals surface area contributed by atoms with E-state index in [9.17, 15) is 0 Å². The molecule has 19 heavy (non-hydrogen) atoms. The average molecular weight is 262 g/mol. The minimum Gasteiger partial charge on any atom is -0.494 e. The van der Waals surface area contributed by atoms with E-state index in [0.717, 1.165) is 44.3 Å². The lowest BCUT2D eigenvalue weighted by Gasteiger charge is -2.24. The molecule has 0 aliphatic carbocycles. The number of nitrogens with zero attached hydrogens (tertiary/aromatic N) is 1. The Hall–Kier alpha value is -1.06. The molecule has 2 N–H and O–H groups in total. The van der Waals surface area contributed by atoms with E-state index >= 15 is 0 Å². The standard InChI is InChI=1S/C16H26N2O/c17-11-4-7-15-8-5-12-18(15)13-6-14-19-16-9-2-1-3-10-16/h1-3,9-10,15H,4-8,11-14,17H2. The number of para-hydroxylation sites is 1. The van der Waals surface area contributed by atoms with Crippen LogP contribution < -0.4 is 10.5 Å². The Morgan fingerprint density at radius 3 is 2.84 bits per heavy atom. The van der Waals surface area contributed by atoms with Gasteiger partial charge in [-0.25, -0.2) is 0 Å². The van der Waals surface area contributed by atoms with Gasteiger partial charge >= 0.3 is 0 Å². The molecule has 1 aliphatic heterocycles. The van der Waals surface area contributed by atoms with Gasteiger partial charge in [0.15, 0.2) is 0 Å². The maximum Gasteiger partial charge on any atom is 0.119 e. The van der Waals surface area contributed by atoms with E-state index in [1.54, 1.807) is 0 Å². The molecule has 1 aromatic rings. The SMILES string of the molecule is NCCCC1CCCN1CCCOc1ccccc1. The third-order valence-electron chi connectivity index (χ3n) is 3.84. The highest BCUT2D eigenvalue weighted by molar-refractivity contribution is 5.20. The van der Waals surface area contributed by atoms with E-state index in [1.165, 1.54) is 25.8 Å². The molecule has 1 saturated heterocycles. The van der Waals surface area contributed by atoms with Gasteiger partial charge in [-0.05, 0) is 57.3 Å². The number of ether oxygens (including phenoxy) is 1. The number of hydrogen-bond acceptors (Lipinski definition) is 3. The van der Waals surface area contributed by atoms with Crippen LogP contribution in [0.1, 0.15) is 32.1 Å². The van der Waals surface area contributed by atoms with Gasteiger partial charge in [0, 0.05) is 12.6 Å².